The Morgan fingerprint density at radius 3 is 2.67 bits per heavy atom. The number of amides is 3. The van der Waals surface area contributed by atoms with Crippen molar-refractivity contribution in [1.82, 2.24) is 9.88 Å². The molecule has 1 atom stereocenters. The second-order valence-corrected chi connectivity index (χ2v) is 8.39. The van der Waals surface area contributed by atoms with Gasteiger partial charge in [-0.05, 0) is 49.6 Å². The molecule has 0 bridgehead atoms. The molecule has 0 saturated carbocycles. The minimum absolute atomic E-state index is 0.0562. The maximum Gasteiger partial charge on any atom is 0.321 e. The van der Waals surface area contributed by atoms with Crippen molar-refractivity contribution < 1.29 is 9.59 Å². The quantitative estimate of drug-likeness (QED) is 0.624. The van der Waals surface area contributed by atoms with Gasteiger partial charge >= 0.3 is 6.03 Å². The number of aryl methyl sites for hydroxylation is 1. The SMILES string of the molecule is Cc1cccc(NC(=O)N2CCCC(C(=O)Nc3cccc(-c4nccs4)c3)C2)c1. The first kappa shape index (κ1) is 20.1. The number of hydrogen-bond acceptors (Lipinski definition) is 4. The summed E-state index contributed by atoms with van der Waals surface area (Å²) < 4.78 is 0. The third-order valence-electron chi connectivity index (χ3n) is 5.16. The fourth-order valence-electron chi connectivity index (χ4n) is 3.64. The first-order valence-corrected chi connectivity index (χ1v) is 10.9. The van der Waals surface area contributed by atoms with Gasteiger partial charge in [0.25, 0.3) is 0 Å². The average Bonchev–Trinajstić information content (AvgIpc) is 3.29. The topological polar surface area (TPSA) is 74.3 Å². The Kier molecular flexibility index (Phi) is 6.09. The molecule has 1 aliphatic rings. The summed E-state index contributed by atoms with van der Waals surface area (Å²) in [5.74, 6) is -0.287. The molecule has 1 unspecified atom stereocenters. The van der Waals surface area contributed by atoms with Crippen LogP contribution in [-0.4, -0.2) is 34.9 Å². The predicted octanol–water partition coefficient (Wildman–Crippen LogP) is 5.00. The molecule has 3 amide bonds. The van der Waals surface area contributed by atoms with E-state index in [1.54, 1.807) is 22.4 Å². The van der Waals surface area contributed by atoms with Crippen molar-refractivity contribution in [3.8, 4) is 10.6 Å². The molecule has 1 saturated heterocycles. The second kappa shape index (κ2) is 9.09. The van der Waals surface area contributed by atoms with E-state index in [1.807, 2.05) is 60.8 Å². The first-order chi connectivity index (χ1) is 14.6. The van der Waals surface area contributed by atoms with Crippen molar-refractivity contribution in [2.24, 2.45) is 5.92 Å². The van der Waals surface area contributed by atoms with Crippen molar-refractivity contribution in [3.63, 3.8) is 0 Å². The molecule has 1 aliphatic heterocycles. The van der Waals surface area contributed by atoms with Gasteiger partial charge < -0.3 is 15.5 Å². The highest BCUT2D eigenvalue weighted by molar-refractivity contribution is 7.13. The number of nitrogens with zero attached hydrogens (tertiary/aromatic N) is 2. The fraction of sp³-hybridized carbons (Fsp3) is 0.261. The molecule has 30 heavy (non-hydrogen) atoms. The molecule has 7 heteroatoms. The number of rotatable bonds is 4. The molecule has 3 aromatic rings. The van der Waals surface area contributed by atoms with E-state index in [0.29, 0.717) is 13.1 Å². The summed E-state index contributed by atoms with van der Waals surface area (Å²) in [6.45, 7) is 3.05. The number of piperidine rings is 1. The lowest BCUT2D eigenvalue weighted by molar-refractivity contribution is -0.121. The number of carbonyl (C=O) groups is 2. The zero-order chi connectivity index (χ0) is 20.9. The van der Waals surface area contributed by atoms with Crippen LogP contribution in [0.2, 0.25) is 0 Å². The number of thiazole rings is 1. The van der Waals surface area contributed by atoms with E-state index >= 15 is 0 Å². The van der Waals surface area contributed by atoms with Crippen LogP contribution in [0.4, 0.5) is 16.2 Å². The number of aromatic nitrogens is 1. The van der Waals surface area contributed by atoms with Crippen LogP contribution in [0, 0.1) is 12.8 Å². The third-order valence-corrected chi connectivity index (χ3v) is 5.98. The average molecular weight is 421 g/mol. The van der Waals surface area contributed by atoms with Gasteiger partial charge in [-0.25, -0.2) is 9.78 Å². The first-order valence-electron chi connectivity index (χ1n) is 10.0. The molecule has 0 spiro atoms. The molecule has 0 radical (unpaired) electrons. The Bertz CT molecular complexity index is 1040. The maximum atomic E-state index is 12.9. The van der Waals surface area contributed by atoms with E-state index in [9.17, 15) is 9.59 Å². The number of nitrogens with one attached hydrogen (secondary N) is 2. The van der Waals surface area contributed by atoms with Crippen molar-refractivity contribution in [2.45, 2.75) is 19.8 Å². The highest BCUT2D eigenvalue weighted by atomic mass is 32.1. The molecular weight excluding hydrogens is 396 g/mol. The van der Waals surface area contributed by atoms with Crippen molar-refractivity contribution >= 4 is 34.6 Å². The van der Waals surface area contributed by atoms with Gasteiger partial charge in [-0.15, -0.1) is 11.3 Å². The van der Waals surface area contributed by atoms with Crippen LogP contribution in [0.25, 0.3) is 10.6 Å². The summed E-state index contributed by atoms with van der Waals surface area (Å²) in [5.41, 5.74) is 3.58. The Hall–Kier alpha value is -3.19. The van der Waals surface area contributed by atoms with Crippen LogP contribution < -0.4 is 10.6 Å². The van der Waals surface area contributed by atoms with E-state index in [-0.39, 0.29) is 17.9 Å². The van der Waals surface area contributed by atoms with Gasteiger partial charge in [0.15, 0.2) is 0 Å². The third kappa shape index (κ3) is 4.86. The number of anilines is 2. The largest absolute Gasteiger partial charge is 0.326 e. The van der Waals surface area contributed by atoms with Crippen LogP contribution in [0.15, 0.2) is 60.1 Å². The minimum atomic E-state index is -0.231. The lowest BCUT2D eigenvalue weighted by atomic mass is 9.97. The normalized spacial score (nSPS) is 16.2. The number of likely N-dealkylation sites (tertiary alicyclic amines) is 1. The van der Waals surface area contributed by atoms with Crippen LogP contribution in [0.3, 0.4) is 0 Å². The molecule has 2 aromatic carbocycles. The van der Waals surface area contributed by atoms with Gasteiger partial charge in [0, 0.05) is 41.6 Å². The molecule has 6 nitrogen and oxygen atoms in total. The van der Waals surface area contributed by atoms with Crippen LogP contribution in [0.5, 0.6) is 0 Å². The number of urea groups is 1. The molecule has 2 N–H and O–H groups in total. The summed E-state index contributed by atoms with van der Waals surface area (Å²) in [6, 6.07) is 15.2. The molecule has 0 aliphatic carbocycles. The Morgan fingerprint density at radius 1 is 1.10 bits per heavy atom. The molecule has 154 valence electrons. The van der Waals surface area contributed by atoms with Crippen molar-refractivity contribution in [3.05, 3.63) is 65.7 Å². The lowest BCUT2D eigenvalue weighted by Crippen LogP contribution is -2.45. The van der Waals surface area contributed by atoms with Gasteiger partial charge in [0.2, 0.25) is 5.91 Å². The summed E-state index contributed by atoms with van der Waals surface area (Å²) >= 11 is 1.56. The summed E-state index contributed by atoms with van der Waals surface area (Å²) in [6.07, 6.45) is 3.34. The van der Waals surface area contributed by atoms with Crippen molar-refractivity contribution in [1.29, 1.82) is 0 Å². The van der Waals surface area contributed by atoms with Crippen LogP contribution in [0.1, 0.15) is 18.4 Å². The van der Waals surface area contributed by atoms with Crippen LogP contribution >= 0.6 is 11.3 Å². The van der Waals surface area contributed by atoms with E-state index in [0.717, 1.165) is 40.4 Å². The minimum Gasteiger partial charge on any atom is -0.326 e. The number of benzene rings is 2. The van der Waals surface area contributed by atoms with Gasteiger partial charge in [0.05, 0.1) is 5.92 Å². The van der Waals surface area contributed by atoms with Gasteiger partial charge in [-0.3, -0.25) is 4.79 Å². The highest BCUT2D eigenvalue weighted by Gasteiger charge is 2.28. The maximum absolute atomic E-state index is 12.9. The standard InChI is InChI=1S/C23H24N4O2S/c1-16-5-2-8-19(13-16)26-23(29)27-11-4-7-18(15-27)21(28)25-20-9-3-6-17(14-20)22-24-10-12-30-22/h2-3,5-6,8-10,12-14,18H,4,7,11,15H2,1H3,(H,25,28)(H,26,29). The monoisotopic (exact) mass is 420 g/mol. The van der Waals surface area contributed by atoms with Crippen LogP contribution in [-0.2, 0) is 4.79 Å². The van der Waals surface area contributed by atoms with E-state index in [4.69, 9.17) is 0 Å². The lowest BCUT2D eigenvalue weighted by Gasteiger charge is -2.32. The second-order valence-electron chi connectivity index (χ2n) is 7.49. The zero-order valence-corrected chi connectivity index (χ0v) is 17.6. The van der Waals surface area contributed by atoms with E-state index < -0.39 is 0 Å². The van der Waals surface area contributed by atoms with Gasteiger partial charge in [0.1, 0.15) is 5.01 Å². The number of hydrogen-bond donors (Lipinski definition) is 2. The molecule has 2 heterocycles. The van der Waals surface area contributed by atoms with Gasteiger partial charge in [-0.1, -0.05) is 24.3 Å². The predicted molar refractivity (Wildman–Crippen MR) is 121 cm³/mol. The Balaban J connectivity index is 1.38. The summed E-state index contributed by atoms with van der Waals surface area (Å²) in [5, 5.41) is 8.79. The zero-order valence-electron chi connectivity index (χ0n) is 16.8. The fourth-order valence-corrected chi connectivity index (χ4v) is 4.28. The molecule has 1 aromatic heterocycles. The highest BCUT2D eigenvalue weighted by Crippen LogP contribution is 2.25. The molecular formula is C23H24N4O2S. The summed E-state index contributed by atoms with van der Waals surface area (Å²) in [4.78, 5) is 31.6. The number of carbonyl (C=O) groups excluding carboxylic acids is 2. The van der Waals surface area contributed by atoms with E-state index in [1.165, 1.54) is 0 Å². The summed E-state index contributed by atoms with van der Waals surface area (Å²) in [7, 11) is 0. The molecule has 1 fully saturated rings. The van der Waals surface area contributed by atoms with Gasteiger partial charge in [-0.2, -0.15) is 0 Å². The smallest absolute Gasteiger partial charge is 0.321 e. The molecule has 4 rings (SSSR count). The van der Waals surface area contributed by atoms with Crippen molar-refractivity contribution in [2.75, 3.05) is 23.7 Å². The Labute approximate surface area is 180 Å². The van der Waals surface area contributed by atoms with E-state index in [2.05, 4.69) is 15.6 Å². The Morgan fingerprint density at radius 2 is 1.90 bits per heavy atom.